The Kier molecular flexibility index (Phi) is 8.25. The minimum atomic E-state index is 0.893. The van der Waals surface area contributed by atoms with Gasteiger partial charge < -0.3 is 0 Å². The average Bonchev–Trinajstić information content (AvgIpc) is 3.35. The SMILES string of the molecule is c1ccc2cc(-c3ccc4cc(/C5=N/c6cc7ccccc7cc6/C(c6ccc7cc(-c8ccc9ccccc9c8)ccc7c6)=N\c6cc7ccccc7cc65)ccc4c3)ccc2c1. The highest BCUT2D eigenvalue weighted by Gasteiger charge is 2.22. The van der Waals surface area contributed by atoms with Gasteiger partial charge in [-0.05, 0) is 148 Å². The van der Waals surface area contributed by atoms with Crippen LogP contribution in [0.15, 0.2) is 241 Å². The van der Waals surface area contributed by atoms with Gasteiger partial charge in [0.15, 0.2) is 0 Å². The maximum Gasteiger partial charge on any atom is 0.0803 e. The maximum absolute atomic E-state index is 5.71. The van der Waals surface area contributed by atoms with E-state index in [1.54, 1.807) is 0 Å². The summed E-state index contributed by atoms with van der Waals surface area (Å²) < 4.78 is 0. The Morgan fingerprint density at radius 3 is 0.766 bits per heavy atom. The Balaban J connectivity index is 0.971. The zero-order chi connectivity index (χ0) is 42.1. The van der Waals surface area contributed by atoms with Crippen LogP contribution in [0, 0.1) is 0 Å². The van der Waals surface area contributed by atoms with Crippen LogP contribution in [0.25, 0.3) is 86.9 Å². The van der Waals surface area contributed by atoms with Crippen LogP contribution in [0.1, 0.15) is 22.3 Å². The van der Waals surface area contributed by atoms with Crippen molar-refractivity contribution < 1.29 is 0 Å². The highest BCUT2D eigenvalue weighted by molar-refractivity contribution is 6.25. The van der Waals surface area contributed by atoms with E-state index < -0.39 is 0 Å². The van der Waals surface area contributed by atoms with Crippen LogP contribution in [0.2, 0.25) is 0 Å². The molecule has 0 unspecified atom stereocenters. The Morgan fingerprint density at radius 1 is 0.188 bits per heavy atom. The van der Waals surface area contributed by atoms with Gasteiger partial charge in [-0.2, -0.15) is 0 Å². The molecule has 0 aromatic heterocycles. The number of fused-ring (bicyclic) bond motifs is 8. The zero-order valence-electron chi connectivity index (χ0n) is 34.8. The number of aliphatic imine (C=N–C) groups is 2. The minimum absolute atomic E-state index is 0.893. The van der Waals surface area contributed by atoms with E-state index in [-0.39, 0.29) is 0 Å². The molecule has 1 aliphatic heterocycles. The van der Waals surface area contributed by atoms with E-state index in [1.807, 2.05) is 0 Å². The summed E-state index contributed by atoms with van der Waals surface area (Å²) in [5, 5.41) is 14.3. The summed E-state index contributed by atoms with van der Waals surface area (Å²) in [6.45, 7) is 0. The van der Waals surface area contributed by atoms with Crippen molar-refractivity contribution in [2.45, 2.75) is 0 Å². The van der Waals surface area contributed by atoms with Gasteiger partial charge >= 0.3 is 0 Å². The predicted octanol–water partition coefficient (Wildman–Crippen LogP) is 16.6. The summed E-state index contributed by atoms with van der Waals surface area (Å²) in [5.74, 6) is 0. The maximum atomic E-state index is 5.71. The third-order valence-corrected chi connectivity index (χ3v) is 13.1. The Bertz CT molecular complexity index is 3700. The number of hydrogen-bond donors (Lipinski definition) is 0. The summed E-state index contributed by atoms with van der Waals surface area (Å²) in [4.78, 5) is 11.4. The van der Waals surface area contributed by atoms with E-state index in [0.717, 1.165) is 77.4 Å². The van der Waals surface area contributed by atoms with E-state index in [2.05, 4.69) is 231 Å². The lowest BCUT2D eigenvalue weighted by Crippen LogP contribution is -2.10. The fourth-order valence-corrected chi connectivity index (χ4v) is 9.71. The van der Waals surface area contributed by atoms with Crippen molar-refractivity contribution in [2.75, 3.05) is 0 Å². The molecule has 2 heteroatoms. The summed E-state index contributed by atoms with van der Waals surface area (Å²) in [6.07, 6.45) is 0. The second-order valence-electron chi connectivity index (χ2n) is 17.0. The molecule has 0 N–H and O–H groups in total. The normalized spacial score (nSPS) is 14.2. The van der Waals surface area contributed by atoms with Crippen molar-refractivity contribution >= 4 is 87.4 Å². The van der Waals surface area contributed by atoms with Crippen molar-refractivity contribution in [3.63, 3.8) is 0 Å². The molecular formula is C62H38N2. The molecular weight excluding hydrogens is 773 g/mol. The topological polar surface area (TPSA) is 24.7 Å². The molecule has 0 saturated carbocycles. The summed E-state index contributed by atoms with van der Waals surface area (Å²) in [6, 6.07) is 83.8. The molecule has 0 spiro atoms. The van der Waals surface area contributed by atoms with Gasteiger partial charge in [-0.1, -0.05) is 170 Å². The lowest BCUT2D eigenvalue weighted by atomic mass is 9.91. The van der Waals surface area contributed by atoms with Crippen LogP contribution >= 0.6 is 0 Å². The van der Waals surface area contributed by atoms with Crippen LogP contribution in [0.3, 0.4) is 0 Å². The van der Waals surface area contributed by atoms with Crippen LogP contribution in [-0.4, -0.2) is 11.4 Å². The van der Waals surface area contributed by atoms with Crippen molar-refractivity contribution in [2.24, 2.45) is 9.98 Å². The number of rotatable bonds is 4. The molecule has 64 heavy (non-hydrogen) atoms. The summed E-state index contributed by atoms with van der Waals surface area (Å²) >= 11 is 0. The van der Waals surface area contributed by atoms with Gasteiger partial charge in [0.05, 0.1) is 22.8 Å². The Hall–Kier alpha value is -8.46. The fraction of sp³-hybridized carbons (Fsp3) is 0. The second kappa shape index (κ2) is 14.6. The monoisotopic (exact) mass is 810 g/mol. The van der Waals surface area contributed by atoms with E-state index >= 15 is 0 Å². The largest absolute Gasteiger partial charge is 0.247 e. The van der Waals surface area contributed by atoms with Crippen LogP contribution < -0.4 is 0 Å². The summed E-state index contributed by atoms with van der Waals surface area (Å²) in [5.41, 5.74) is 12.5. The van der Waals surface area contributed by atoms with Gasteiger partial charge in [-0.3, -0.25) is 0 Å². The van der Waals surface area contributed by atoms with Crippen molar-refractivity contribution in [1.29, 1.82) is 0 Å². The third-order valence-electron chi connectivity index (χ3n) is 13.1. The molecule has 0 aliphatic carbocycles. The first-order valence-electron chi connectivity index (χ1n) is 21.9. The smallest absolute Gasteiger partial charge is 0.0803 e. The van der Waals surface area contributed by atoms with E-state index in [4.69, 9.17) is 9.98 Å². The lowest BCUT2D eigenvalue weighted by molar-refractivity contribution is 1.41. The third kappa shape index (κ3) is 6.27. The molecule has 2 nitrogen and oxygen atoms in total. The first-order chi connectivity index (χ1) is 31.6. The molecule has 12 aromatic carbocycles. The first kappa shape index (κ1) is 36.2. The predicted molar refractivity (Wildman–Crippen MR) is 272 cm³/mol. The standard InChI is InChI=1S/C62H38N2/c1-3-11-41-29-47(19-17-39(41)9-1)49-21-23-53-33-55(27-25-51(53)31-49)61-57-35-43-13-5-7-15-45(43)37-59(57)64-62(58-36-44-14-6-8-16-46(44)38-60(58)63-61)56-28-26-52-32-50(22-24-54(52)34-56)48-20-18-40-10-2-4-12-42(40)30-48/h1-38H/b61-57?,62-58?,63-60?,63-61-,64-59?,64-62-. The Labute approximate surface area is 370 Å². The van der Waals surface area contributed by atoms with Crippen LogP contribution in [0.5, 0.6) is 0 Å². The van der Waals surface area contributed by atoms with Crippen molar-refractivity contribution in [3.8, 4) is 22.3 Å². The molecule has 0 amide bonds. The van der Waals surface area contributed by atoms with Crippen LogP contribution in [0.4, 0.5) is 11.4 Å². The van der Waals surface area contributed by atoms with Gasteiger partial charge in [-0.15, -0.1) is 0 Å². The average molecular weight is 811 g/mol. The first-order valence-corrected chi connectivity index (χ1v) is 21.9. The minimum Gasteiger partial charge on any atom is -0.247 e. The van der Waals surface area contributed by atoms with Gasteiger partial charge in [0.25, 0.3) is 0 Å². The van der Waals surface area contributed by atoms with E-state index in [9.17, 15) is 0 Å². The molecule has 13 rings (SSSR count). The molecule has 1 heterocycles. The van der Waals surface area contributed by atoms with Crippen LogP contribution in [-0.2, 0) is 0 Å². The molecule has 0 fully saturated rings. The van der Waals surface area contributed by atoms with Gasteiger partial charge in [0.1, 0.15) is 0 Å². The zero-order valence-corrected chi connectivity index (χ0v) is 34.8. The van der Waals surface area contributed by atoms with E-state index in [1.165, 1.54) is 54.6 Å². The Morgan fingerprint density at radius 2 is 0.422 bits per heavy atom. The van der Waals surface area contributed by atoms with Crippen molar-refractivity contribution in [3.05, 3.63) is 253 Å². The molecule has 0 radical (unpaired) electrons. The van der Waals surface area contributed by atoms with Crippen molar-refractivity contribution in [1.82, 2.24) is 0 Å². The summed E-state index contributed by atoms with van der Waals surface area (Å²) in [7, 11) is 0. The molecule has 1 aliphatic rings. The second-order valence-corrected chi connectivity index (χ2v) is 17.0. The highest BCUT2D eigenvalue weighted by atomic mass is 14.8. The lowest BCUT2D eigenvalue weighted by Gasteiger charge is -2.20. The highest BCUT2D eigenvalue weighted by Crippen LogP contribution is 2.39. The quantitative estimate of drug-likeness (QED) is 0.169. The molecule has 296 valence electrons. The van der Waals surface area contributed by atoms with Gasteiger partial charge in [0.2, 0.25) is 0 Å². The van der Waals surface area contributed by atoms with E-state index in [0.29, 0.717) is 0 Å². The van der Waals surface area contributed by atoms with Gasteiger partial charge in [-0.25, -0.2) is 9.98 Å². The molecule has 12 aromatic rings. The van der Waals surface area contributed by atoms with Gasteiger partial charge in [0, 0.05) is 22.3 Å². The number of nitrogens with zero attached hydrogens (tertiary/aromatic N) is 2. The molecule has 0 atom stereocenters. The fourth-order valence-electron chi connectivity index (χ4n) is 9.71. The number of hydrogen-bond acceptors (Lipinski definition) is 2. The number of benzene rings is 12. The molecule has 0 saturated heterocycles. The molecule has 0 bridgehead atoms.